The van der Waals surface area contributed by atoms with Gasteiger partial charge in [-0.2, -0.15) is 0 Å². The molecule has 146 valence electrons. The van der Waals surface area contributed by atoms with Crippen molar-refractivity contribution in [3.8, 4) is 0 Å². The summed E-state index contributed by atoms with van der Waals surface area (Å²) < 4.78 is 0. The average molecular weight is 377 g/mol. The fourth-order valence-corrected chi connectivity index (χ4v) is 4.01. The maximum atomic E-state index is 12.4. The number of carboxylic acid groups (broad SMARTS) is 1. The molecule has 2 aliphatic rings. The number of nitrogens with two attached hydrogens (primary N) is 1. The third-order valence-electron chi connectivity index (χ3n) is 5.68. The van der Waals surface area contributed by atoms with E-state index in [9.17, 15) is 9.59 Å². The van der Waals surface area contributed by atoms with E-state index in [1.807, 2.05) is 6.92 Å². The second-order valence-corrected chi connectivity index (χ2v) is 7.76. The molecule has 4 nitrogen and oxygen atoms in total. The fraction of sp³-hybridized carbons (Fsp3) is 0.333. The van der Waals surface area contributed by atoms with Crippen LogP contribution in [0.15, 0.2) is 60.7 Å². The molecule has 4 heteroatoms. The van der Waals surface area contributed by atoms with Gasteiger partial charge in [-0.05, 0) is 56.2 Å². The average Bonchev–Trinajstić information content (AvgIpc) is 3.29. The van der Waals surface area contributed by atoms with Crippen LogP contribution >= 0.6 is 0 Å². The molecule has 2 aromatic rings. The van der Waals surface area contributed by atoms with Gasteiger partial charge in [-0.15, -0.1) is 0 Å². The molecule has 28 heavy (non-hydrogen) atoms. The van der Waals surface area contributed by atoms with Crippen molar-refractivity contribution in [2.45, 2.75) is 32.7 Å². The lowest BCUT2D eigenvalue weighted by Crippen LogP contribution is -2.19. The van der Waals surface area contributed by atoms with Gasteiger partial charge in [0, 0.05) is 17.5 Å². The van der Waals surface area contributed by atoms with Gasteiger partial charge in [0.25, 0.3) is 0 Å². The Morgan fingerprint density at radius 3 is 1.86 bits per heavy atom. The maximum Gasteiger partial charge on any atom is 0.335 e. The molecule has 0 amide bonds. The summed E-state index contributed by atoms with van der Waals surface area (Å²) in [4.78, 5) is 23.2. The Kier molecular flexibility index (Phi) is 6.10. The van der Waals surface area contributed by atoms with Crippen LogP contribution in [0.3, 0.4) is 0 Å². The number of carbonyl (C=O) groups is 2. The monoisotopic (exact) mass is 377 g/mol. The number of Topliss-reactive ketones (excluding diaryl/α,β-unsaturated/α-hetero) is 1. The van der Waals surface area contributed by atoms with Crippen molar-refractivity contribution < 1.29 is 14.7 Å². The molecular formula is C24H27NO3. The van der Waals surface area contributed by atoms with Crippen LogP contribution in [0.2, 0.25) is 0 Å². The molecule has 0 aromatic heterocycles. The Labute approximate surface area is 166 Å². The topological polar surface area (TPSA) is 80.4 Å². The van der Waals surface area contributed by atoms with E-state index in [-0.39, 0.29) is 23.3 Å². The third-order valence-corrected chi connectivity index (χ3v) is 5.68. The predicted octanol–water partition coefficient (Wildman–Crippen LogP) is 4.79. The van der Waals surface area contributed by atoms with Gasteiger partial charge in [0.2, 0.25) is 0 Å². The van der Waals surface area contributed by atoms with Crippen molar-refractivity contribution in [1.82, 2.24) is 0 Å². The highest BCUT2D eigenvalue weighted by molar-refractivity contribution is 6.00. The number of aromatic carboxylic acids is 1. The minimum Gasteiger partial charge on any atom is -0.478 e. The largest absolute Gasteiger partial charge is 0.478 e. The van der Waals surface area contributed by atoms with Crippen LogP contribution < -0.4 is 5.73 Å². The minimum atomic E-state index is -0.961. The number of rotatable bonds is 4. The first-order valence-corrected chi connectivity index (χ1v) is 9.75. The molecule has 2 aliphatic carbocycles. The Bertz CT molecular complexity index is 852. The van der Waals surface area contributed by atoms with E-state index in [1.165, 1.54) is 23.3 Å². The number of hydrogen-bond acceptors (Lipinski definition) is 3. The van der Waals surface area contributed by atoms with Gasteiger partial charge >= 0.3 is 5.97 Å². The number of aryl methyl sites for hydroxylation is 1. The zero-order chi connectivity index (χ0) is 20.3. The standard InChI is InChI=1S/C15H14O3.C9H13N/c16-14(13-9-1-2-10(13)4-3-9)11-5-7-12(8-6-11)15(17)18;1-7-3-5-9(6-4-7)8(2)10/h1-2,5-10,13H,3-4H2,(H,17,18);3-6,8H,10H2,1-2H3/t9-,10+,13?;8-/m.0/s1. The van der Waals surface area contributed by atoms with Gasteiger partial charge in [-0.25, -0.2) is 4.79 Å². The first-order valence-electron chi connectivity index (χ1n) is 9.75. The predicted molar refractivity (Wildman–Crippen MR) is 110 cm³/mol. The van der Waals surface area contributed by atoms with Crippen LogP contribution in [0, 0.1) is 24.7 Å². The molecule has 0 heterocycles. The lowest BCUT2D eigenvalue weighted by molar-refractivity contribution is 0.0696. The van der Waals surface area contributed by atoms with E-state index in [4.69, 9.17) is 10.8 Å². The Morgan fingerprint density at radius 2 is 1.43 bits per heavy atom. The number of ketones is 1. The number of benzene rings is 2. The molecule has 1 saturated carbocycles. The van der Waals surface area contributed by atoms with E-state index < -0.39 is 5.97 Å². The van der Waals surface area contributed by atoms with Crippen LogP contribution in [-0.4, -0.2) is 16.9 Å². The highest BCUT2D eigenvalue weighted by Gasteiger charge is 2.42. The molecule has 4 rings (SSSR count). The van der Waals surface area contributed by atoms with Crippen molar-refractivity contribution in [3.05, 3.63) is 82.9 Å². The number of carbonyl (C=O) groups excluding carboxylic acids is 1. The molecule has 0 aliphatic heterocycles. The summed E-state index contributed by atoms with van der Waals surface area (Å²) in [5, 5.41) is 8.83. The zero-order valence-electron chi connectivity index (χ0n) is 16.3. The lowest BCUT2D eigenvalue weighted by Gasteiger charge is -2.14. The number of hydrogen-bond donors (Lipinski definition) is 2. The van der Waals surface area contributed by atoms with E-state index in [2.05, 4.69) is 43.3 Å². The van der Waals surface area contributed by atoms with Gasteiger partial charge < -0.3 is 10.8 Å². The lowest BCUT2D eigenvalue weighted by atomic mass is 9.88. The van der Waals surface area contributed by atoms with Crippen LogP contribution in [0.4, 0.5) is 0 Å². The summed E-state index contributed by atoms with van der Waals surface area (Å²) in [7, 11) is 0. The van der Waals surface area contributed by atoms with Crippen molar-refractivity contribution >= 4 is 11.8 Å². The summed E-state index contributed by atoms with van der Waals surface area (Å²) in [6, 6.07) is 14.7. The molecule has 4 atom stereocenters. The highest BCUT2D eigenvalue weighted by Crippen LogP contribution is 2.45. The molecule has 0 saturated heterocycles. The number of fused-ring (bicyclic) bond motifs is 2. The van der Waals surface area contributed by atoms with E-state index in [0.29, 0.717) is 17.4 Å². The van der Waals surface area contributed by atoms with Gasteiger partial charge in [-0.3, -0.25) is 4.79 Å². The molecule has 3 N–H and O–H groups in total. The van der Waals surface area contributed by atoms with Crippen LogP contribution in [-0.2, 0) is 0 Å². The molecule has 1 unspecified atom stereocenters. The van der Waals surface area contributed by atoms with Crippen LogP contribution in [0.5, 0.6) is 0 Å². The second-order valence-electron chi connectivity index (χ2n) is 7.76. The SMILES string of the molecule is Cc1ccc([C@H](C)N)cc1.O=C(O)c1ccc(C(=O)C2[C@@H]3C=C[C@H]2CC3)cc1. The Hall–Kier alpha value is -2.72. The molecule has 1 fully saturated rings. The highest BCUT2D eigenvalue weighted by atomic mass is 16.4. The molecule has 0 radical (unpaired) electrons. The first-order chi connectivity index (χ1) is 13.4. The Morgan fingerprint density at radius 1 is 0.929 bits per heavy atom. The normalized spacial score (nSPS) is 23.0. The fourth-order valence-electron chi connectivity index (χ4n) is 4.01. The molecule has 0 spiro atoms. The van der Waals surface area contributed by atoms with E-state index in [0.717, 1.165) is 12.8 Å². The van der Waals surface area contributed by atoms with Crippen molar-refractivity contribution in [2.75, 3.05) is 0 Å². The number of carboxylic acids is 1. The van der Waals surface area contributed by atoms with Gasteiger partial charge in [0.15, 0.2) is 5.78 Å². The minimum absolute atomic E-state index is 0.0840. The summed E-state index contributed by atoms with van der Waals surface area (Å²) in [5.41, 5.74) is 9.00. The van der Waals surface area contributed by atoms with Gasteiger partial charge in [-0.1, -0.05) is 54.1 Å². The summed E-state index contributed by atoms with van der Waals surface area (Å²) in [5.74, 6) is 0.0602. The summed E-state index contributed by atoms with van der Waals surface area (Å²) in [6.45, 7) is 4.07. The Balaban J connectivity index is 0.000000192. The van der Waals surface area contributed by atoms with Crippen LogP contribution in [0.25, 0.3) is 0 Å². The third kappa shape index (κ3) is 4.39. The van der Waals surface area contributed by atoms with Crippen molar-refractivity contribution in [2.24, 2.45) is 23.5 Å². The molecule has 2 bridgehead atoms. The summed E-state index contributed by atoms with van der Waals surface area (Å²) >= 11 is 0. The molecular weight excluding hydrogens is 350 g/mol. The maximum absolute atomic E-state index is 12.4. The van der Waals surface area contributed by atoms with Gasteiger partial charge in [0.1, 0.15) is 0 Å². The smallest absolute Gasteiger partial charge is 0.335 e. The van der Waals surface area contributed by atoms with Crippen LogP contribution in [0.1, 0.15) is 57.7 Å². The number of allylic oxidation sites excluding steroid dienone is 2. The zero-order valence-corrected chi connectivity index (χ0v) is 16.3. The quantitative estimate of drug-likeness (QED) is 0.593. The first kappa shape index (κ1) is 20.0. The van der Waals surface area contributed by atoms with Gasteiger partial charge in [0.05, 0.1) is 5.56 Å². The van der Waals surface area contributed by atoms with E-state index >= 15 is 0 Å². The van der Waals surface area contributed by atoms with Crippen molar-refractivity contribution in [3.63, 3.8) is 0 Å². The van der Waals surface area contributed by atoms with E-state index in [1.54, 1.807) is 12.1 Å². The second kappa shape index (κ2) is 8.53. The summed E-state index contributed by atoms with van der Waals surface area (Å²) in [6.07, 6.45) is 6.51. The molecule has 2 aromatic carbocycles. The van der Waals surface area contributed by atoms with Crippen molar-refractivity contribution in [1.29, 1.82) is 0 Å².